The number of ether oxygens (including phenoxy) is 1. The molecule has 5 nitrogen and oxygen atoms in total. The summed E-state index contributed by atoms with van der Waals surface area (Å²) < 4.78 is 5.52. The molecule has 2 aromatic heterocycles. The molecule has 6 heteroatoms. The zero-order chi connectivity index (χ0) is 13.7. The number of hydrogen-bond acceptors (Lipinski definition) is 4. The Morgan fingerprint density at radius 1 is 1.26 bits per heavy atom. The summed E-state index contributed by atoms with van der Waals surface area (Å²) >= 11 is 5.82. The minimum atomic E-state index is 0.466. The first kappa shape index (κ1) is 13.3. The van der Waals surface area contributed by atoms with Crippen LogP contribution in [0, 0.1) is 0 Å². The van der Waals surface area contributed by atoms with Crippen LogP contribution in [0.5, 0.6) is 11.6 Å². The second-order valence-corrected chi connectivity index (χ2v) is 4.44. The molecule has 19 heavy (non-hydrogen) atoms. The molecule has 0 spiro atoms. The minimum Gasteiger partial charge on any atom is -0.437 e. The van der Waals surface area contributed by atoms with Crippen LogP contribution in [0.25, 0.3) is 0 Å². The van der Waals surface area contributed by atoms with Crippen LogP contribution < -0.4 is 4.74 Å². The lowest BCUT2D eigenvalue weighted by Crippen LogP contribution is -2.06. The fourth-order valence-electron chi connectivity index (χ4n) is 1.26. The van der Waals surface area contributed by atoms with Gasteiger partial charge in [-0.15, -0.1) is 0 Å². The number of halogens is 1. The fourth-order valence-corrected chi connectivity index (χ4v) is 1.42. The highest BCUT2D eigenvalue weighted by Crippen LogP contribution is 2.22. The van der Waals surface area contributed by atoms with E-state index in [4.69, 9.17) is 16.3 Å². The van der Waals surface area contributed by atoms with E-state index in [0.717, 1.165) is 5.69 Å². The average Bonchev–Trinajstić information content (AvgIpc) is 2.38. The number of aromatic nitrogens is 2. The maximum Gasteiger partial charge on any atom is 0.219 e. The average molecular weight is 277 g/mol. The molecule has 0 aliphatic heterocycles. The first-order valence-corrected chi connectivity index (χ1v) is 5.96. The lowest BCUT2D eigenvalue weighted by Gasteiger charge is -2.05. The van der Waals surface area contributed by atoms with E-state index in [1.807, 2.05) is 25.1 Å². The Hall–Kier alpha value is -2.14. The summed E-state index contributed by atoms with van der Waals surface area (Å²) in [6, 6.07) is 5.23. The summed E-state index contributed by atoms with van der Waals surface area (Å²) in [7, 11) is 3.81. The van der Waals surface area contributed by atoms with Crippen molar-refractivity contribution in [2.24, 2.45) is 4.99 Å². The molecule has 0 aliphatic carbocycles. The van der Waals surface area contributed by atoms with Gasteiger partial charge in [-0.05, 0) is 6.07 Å². The molecule has 0 radical (unpaired) electrons. The van der Waals surface area contributed by atoms with Crippen molar-refractivity contribution in [3.05, 3.63) is 41.8 Å². The summed E-state index contributed by atoms with van der Waals surface area (Å²) in [5, 5.41) is 0.518. The summed E-state index contributed by atoms with van der Waals surface area (Å²) in [6.07, 6.45) is 6.46. The van der Waals surface area contributed by atoms with Crippen molar-refractivity contribution in [2.45, 2.75) is 0 Å². The molecule has 0 amide bonds. The first-order chi connectivity index (χ1) is 9.13. The van der Waals surface area contributed by atoms with Gasteiger partial charge >= 0.3 is 0 Å². The third-order valence-electron chi connectivity index (χ3n) is 2.06. The van der Waals surface area contributed by atoms with Gasteiger partial charge in [0.1, 0.15) is 5.75 Å². The Morgan fingerprint density at radius 3 is 2.74 bits per heavy atom. The van der Waals surface area contributed by atoms with Crippen LogP contribution >= 0.6 is 11.6 Å². The topological polar surface area (TPSA) is 50.6 Å². The number of hydrogen-bond donors (Lipinski definition) is 0. The van der Waals surface area contributed by atoms with Gasteiger partial charge in [-0.25, -0.2) is 9.98 Å². The van der Waals surface area contributed by atoms with Gasteiger partial charge in [0, 0.05) is 32.4 Å². The molecule has 2 rings (SSSR count). The normalized spacial score (nSPS) is 10.7. The smallest absolute Gasteiger partial charge is 0.219 e. The van der Waals surface area contributed by atoms with Gasteiger partial charge in [-0.2, -0.15) is 0 Å². The zero-order valence-electron chi connectivity index (χ0n) is 10.6. The van der Waals surface area contributed by atoms with E-state index in [9.17, 15) is 0 Å². The Morgan fingerprint density at radius 2 is 2.11 bits per heavy atom. The van der Waals surface area contributed by atoms with Crippen molar-refractivity contribution in [3.8, 4) is 11.6 Å². The molecule has 0 N–H and O–H groups in total. The maximum absolute atomic E-state index is 5.82. The van der Waals surface area contributed by atoms with Gasteiger partial charge in [-0.3, -0.25) is 4.98 Å². The molecule has 0 unspecified atom stereocenters. The lowest BCUT2D eigenvalue weighted by atomic mass is 10.4. The van der Waals surface area contributed by atoms with Gasteiger partial charge in [0.2, 0.25) is 5.88 Å². The van der Waals surface area contributed by atoms with Crippen LogP contribution in [-0.4, -0.2) is 35.3 Å². The number of aliphatic imine (C=N–C) groups is 1. The summed E-state index contributed by atoms with van der Waals surface area (Å²) in [6.45, 7) is 0. The fraction of sp³-hybridized carbons (Fsp3) is 0.154. The lowest BCUT2D eigenvalue weighted by molar-refractivity contribution is 0.461. The van der Waals surface area contributed by atoms with Crippen molar-refractivity contribution in [1.82, 2.24) is 14.9 Å². The number of nitrogens with zero attached hydrogens (tertiary/aromatic N) is 4. The molecule has 2 heterocycles. The van der Waals surface area contributed by atoms with E-state index in [-0.39, 0.29) is 0 Å². The van der Waals surface area contributed by atoms with Crippen LogP contribution in [-0.2, 0) is 0 Å². The van der Waals surface area contributed by atoms with Gasteiger partial charge < -0.3 is 9.64 Å². The quantitative estimate of drug-likeness (QED) is 0.636. The molecule has 0 aromatic carbocycles. The molecule has 0 bridgehead atoms. The summed E-state index contributed by atoms with van der Waals surface area (Å²) in [5.41, 5.74) is 0.755. The highest BCUT2D eigenvalue weighted by atomic mass is 35.5. The van der Waals surface area contributed by atoms with Gasteiger partial charge in [0.25, 0.3) is 0 Å². The van der Waals surface area contributed by atoms with E-state index in [0.29, 0.717) is 16.7 Å². The van der Waals surface area contributed by atoms with Gasteiger partial charge in [-0.1, -0.05) is 11.6 Å². The van der Waals surface area contributed by atoms with E-state index in [1.165, 1.54) is 0 Å². The predicted molar refractivity (Wildman–Crippen MR) is 75.4 cm³/mol. The predicted octanol–water partition coefficient (Wildman–Crippen LogP) is 3.14. The molecule has 0 fully saturated rings. The maximum atomic E-state index is 5.82. The van der Waals surface area contributed by atoms with Crippen LogP contribution in [0.3, 0.4) is 0 Å². The third-order valence-corrected chi connectivity index (χ3v) is 2.27. The van der Waals surface area contributed by atoms with Crippen LogP contribution in [0.1, 0.15) is 0 Å². The largest absolute Gasteiger partial charge is 0.437 e. The summed E-state index contributed by atoms with van der Waals surface area (Å²) in [4.78, 5) is 14.2. The second-order valence-electron chi connectivity index (χ2n) is 4.00. The SMILES string of the molecule is CN(C)C=Nc1ccc(Oc2cncc(Cl)c2)nc1. The minimum absolute atomic E-state index is 0.466. The van der Waals surface area contributed by atoms with E-state index < -0.39 is 0 Å². The number of rotatable bonds is 4. The van der Waals surface area contributed by atoms with E-state index in [2.05, 4.69) is 15.0 Å². The molecule has 0 saturated heterocycles. The van der Waals surface area contributed by atoms with Gasteiger partial charge in [0.15, 0.2) is 0 Å². The Bertz CT molecular complexity index is 569. The van der Waals surface area contributed by atoms with Crippen molar-refractivity contribution >= 4 is 23.6 Å². The van der Waals surface area contributed by atoms with Crippen molar-refractivity contribution < 1.29 is 4.74 Å². The highest BCUT2D eigenvalue weighted by Gasteiger charge is 2.00. The molecule has 0 atom stereocenters. The third kappa shape index (κ3) is 4.22. The molecule has 2 aromatic rings. The molecule has 98 valence electrons. The first-order valence-electron chi connectivity index (χ1n) is 5.58. The van der Waals surface area contributed by atoms with E-state index >= 15 is 0 Å². The molecular formula is C13H13ClN4O. The van der Waals surface area contributed by atoms with Crippen molar-refractivity contribution in [3.63, 3.8) is 0 Å². The van der Waals surface area contributed by atoms with Crippen molar-refractivity contribution in [2.75, 3.05) is 14.1 Å². The summed E-state index contributed by atoms with van der Waals surface area (Å²) in [5.74, 6) is 1.01. The molecule has 0 aliphatic rings. The molecular weight excluding hydrogens is 264 g/mol. The molecule has 0 saturated carbocycles. The standard InChI is InChI=1S/C13H13ClN4O/c1-18(2)9-17-11-3-4-13(16-7-11)19-12-5-10(14)6-15-8-12/h3-9H,1-2H3. The van der Waals surface area contributed by atoms with E-state index in [1.54, 1.807) is 37.1 Å². The Balaban J connectivity index is 2.06. The highest BCUT2D eigenvalue weighted by molar-refractivity contribution is 6.30. The van der Waals surface area contributed by atoms with Gasteiger partial charge in [0.05, 0.1) is 29.4 Å². The number of pyridine rings is 2. The zero-order valence-corrected chi connectivity index (χ0v) is 11.4. The van der Waals surface area contributed by atoms with Crippen LogP contribution in [0.2, 0.25) is 5.02 Å². The van der Waals surface area contributed by atoms with Crippen LogP contribution in [0.15, 0.2) is 41.8 Å². The van der Waals surface area contributed by atoms with Crippen LogP contribution in [0.4, 0.5) is 5.69 Å². The Labute approximate surface area is 116 Å². The second kappa shape index (κ2) is 6.15. The monoisotopic (exact) mass is 276 g/mol. The Kier molecular flexibility index (Phi) is 4.30. The van der Waals surface area contributed by atoms with Crippen molar-refractivity contribution in [1.29, 1.82) is 0 Å².